The Hall–Kier alpha value is -5.22. The lowest BCUT2D eigenvalue weighted by Crippen LogP contribution is -2.28. The molecule has 0 saturated carbocycles. The number of ether oxygens (including phenoxy) is 2. The Morgan fingerprint density at radius 1 is 0.590 bits per heavy atom. The van der Waals surface area contributed by atoms with E-state index < -0.39 is 17.4 Å². The zero-order valence-electron chi connectivity index (χ0n) is 21.1. The second kappa shape index (κ2) is 9.58. The van der Waals surface area contributed by atoms with Crippen LogP contribution >= 0.6 is 0 Å². The fourth-order valence-electron chi connectivity index (χ4n) is 5.70. The van der Waals surface area contributed by atoms with Crippen molar-refractivity contribution in [2.75, 3.05) is 0 Å². The molecule has 1 aliphatic carbocycles. The highest BCUT2D eigenvalue weighted by Crippen LogP contribution is 2.57. The van der Waals surface area contributed by atoms with Crippen LogP contribution in [0.15, 0.2) is 135 Å². The van der Waals surface area contributed by atoms with Crippen LogP contribution in [-0.4, -0.2) is 11.9 Å². The van der Waals surface area contributed by atoms with E-state index in [0.29, 0.717) is 11.5 Å². The summed E-state index contributed by atoms with van der Waals surface area (Å²) in [6.45, 7) is 6.96. The van der Waals surface area contributed by atoms with Crippen LogP contribution in [0.25, 0.3) is 21.9 Å². The van der Waals surface area contributed by atoms with Crippen molar-refractivity contribution in [1.82, 2.24) is 0 Å². The zero-order valence-corrected chi connectivity index (χ0v) is 21.1. The molecular weight excluding hydrogens is 484 g/mol. The first-order chi connectivity index (χ1) is 19.1. The molecule has 0 heterocycles. The molecule has 0 amide bonds. The number of fused-ring (bicyclic) bond motifs is 5. The Balaban J connectivity index is 1.64. The Bertz CT molecular complexity index is 1700. The van der Waals surface area contributed by atoms with Crippen molar-refractivity contribution in [3.8, 4) is 22.6 Å². The second-order valence-electron chi connectivity index (χ2n) is 9.30. The van der Waals surface area contributed by atoms with Crippen molar-refractivity contribution in [3.05, 3.63) is 157 Å². The topological polar surface area (TPSA) is 52.6 Å². The van der Waals surface area contributed by atoms with Gasteiger partial charge in [0.15, 0.2) is 0 Å². The molecule has 4 heteroatoms. The quantitative estimate of drug-likeness (QED) is 0.134. The predicted octanol–water partition coefficient (Wildman–Crippen LogP) is 7.39. The molecule has 0 spiro atoms. The highest BCUT2D eigenvalue weighted by atomic mass is 16.5. The second-order valence-corrected chi connectivity index (χ2v) is 9.30. The molecule has 0 aliphatic heterocycles. The average Bonchev–Trinajstić information content (AvgIpc) is 3.29. The average molecular weight is 509 g/mol. The van der Waals surface area contributed by atoms with Gasteiger partial charge in [-0.05, 0) is 68.4 Å². The number of hydrogen-bond donors (Lipinski definition) is 0. The first-order valence-corrected chi connectivity index (χ1v) is 12.6. The Morgan fingerprint density at radius 2 is 1.13 bits per heavy atom. The van der Waals surface area contributed by atoms with Crippen molar-refractivity contribution in [1.29, 1.82) is 0 Å². The molecule has 0 radical (unpaired) electrons. The van der Waals surface area contributed by atoms with E-state index in [0.717, 1.165) is 40.0 Å². The van der Waals surface area contributed by atoms with Crippen molar-refractivity contribution in [2.45, 2.75) is 5.41 Å². The highest BCUT2D eigenvalue weighted by Gasteiger charge is 2.46. The molecular formula is C35H24O4. The number of carbonyl (C=O) groups excluding carboxylic acids is 2. The highest BCUT2D eigenvalue weighted by molar-refractivity contribution is 6.04. The summed E-state index contributed by atoms with van der Waals surface area (Å²) in [6, 6.07) is 36.5. The van der Waals surface area contributed by atoms with Gasteiger partial charge in [0.2, 0.25) is 0 Å². The number of rotatable bonds is 6. The smallest absolute Gasteiger partial charge is 0.335 e. The van der Waals surface area contributed by atoms with Crippen LogP contribution in [0.4, 0.5) is 0 Å². The third kappa shape index (κ3) is 3.85. The SMILES string of the molecule is C=CC(=O)Oc1ccc(C2(c3ccc(OC(=O)C=C)cc3)c3ccccc3-c3c2ccc2ccccc32)cc1. The summed E-state index contributed by atoms with van der Waals surface area (Å²) in [5, 5.41) is 2.35. The molecule has 0 fully saturated rings. The lowest BCUT2D eigenvalue weighted by atomic mass is 9.67. The van der Waals surface area contributed by atoms with Crippen molar-refractivity contribution in [2.24, 2.45) is 0 Å². The van der Waals surface area contributed by atoms with Gasteiger partial charge in [0, 0.05) is 12.2 Å². The van der Waals surface area contributed by atoms with Crippen LogP contribution in [0.1, 0.15) is 22.3 Å². The van der Waals surface area contributed by atoms with Crippen molar-refractivity contribution in [3.63, 3.8) is 0 Å². The van der Waals surface area contributed by atoms with Gasteiger partial charge in [-0.2, -0.15) is 0 Å². The summed E-state index contributed by atoms with van der Waals surface area (Å²) in [6.07, 6.45) is 2.29. The summed E-state index contributed by atoms with van der Waals surface area (Å²) in [5.74, 6) is -0.138. The molecule has 0 N–H and O–H groups in total. The maximum Gasteiger partial charge on any atom is 0.335 e. The molecule has 0 aromatic heterocycles. The summed E-state index contributed by atoms with van der Waals surface area (Å²) in [5.41, 5.74) is 5.99. The standard InChI is InChI=1S/C35H24O4/c1-3-32(36)38-26-18-14-24(15-19-26)35(25-16-20-27(21-17-25)39-33(37)4-2)30-12-8-7-11-29(30)34-28-10-6-5-9-23(28)13-22-31(34)35/h3-22H,1-2H2. The maximum atomic E-state index is 11.8. The van der Waals surface area contributed by atoms with E-state index in [2.05, 4.69) is 73.8 Å². The minimum atomic E-state index is -0.669. The number of benzene rings is 5. The van der Waals surface area contributed by atoms with Gasteiger partial charge in [-0.15, -0.1) is 0 Å². The molecule has 5 aromatic rings. The first-order valence-electron chi connectivity index (χ1n) is 12.6. The summed E-state index contributed by atoms with van der Waals surface area (Å²) in [7, 11) is 0. The van der Waals surface area contributed by atoms with Gasteiger partial charge < -0.3 is 9.47 Å². The summed E-state index contributed by atoms with van der Waals surface area (Å²) >= 11 is 0. The van der Waals surface area contributed by atoms with E-state index in [-0.39, 0.29) is 0 Å². The molecule has 188 valence electrons. The third-order valence-corrected chi connectivity index (χ3v) is 7.28. The molecule has 4 nitrogen and oxygen atoms in total. The van der Waals surface area contributed by atoms with Gasteiger partial charge >= 0.3 is 11.9 Å². The van der Waals surface area contributed by atoms with Crippen LogP contribution in [0, 0.1) is 0 Å². The normalized spacial score (nSPS) is 12.7. The number of hydrogen-bond acceptors (Lipinski definition) is 4. The monoisotopic (exact) mass is 508 g/mol. The molecule has 0 unspecified atom stereocenters. The van der Waals surface area contributed by atoms with Crippen molar-refractivity contribution >= 4 is 22.7 Å². The minimum Gasteiger partial charge on any atom is -0.423 e. The zero-order chi connectivity index (χ0) is 27.0. The van der Waals surface area contributed by atoms with Gasteiger partial charge in [0.1, 0.15) is 11.5 Å². The molecule has 5 aromatic carbocycles. The lowest BCUT2D eigenvalue weighted by molar-refractivity contribution is -0.129. The van der Waals surface area contributed by atoms with Gasteiger partial charge in [-0.1, -0.05) is 98.1 Å². The molecule has 1 aliphatic rings. The van der Waals surface area contributed by atoms with Crippen LogP contribution in [-0.2, 0) is 15.0 Å². The molecule has 6 rings (SSSR count). The maximum absolute atomic E-state index is 11.8. The number of carbonyl (C=O) groups is 2. The van der Waals surface area contributed by atoms with Gasteiger partial charge in [-0.3, -0.25) is 0 Å². The van der Waals surface area contributed by atoms with E-state index >= 15 is 0 Å². The van der Waals surface area contributed by atoms with Crippen LogP contribution in [0.2, 0.25) is 0 Å². The van der Waals surface area contributed by atoms with Crippen molar-refractivity contribution < 1.29 is 19.1 Å². The van der Waals surface area contributed by atoms with E-state index in [1.807, 2.05) is 24.3 Å². The molecule has 0 saturated heterocycles. The van der Waals surface area contributed by atoms with Crippen LogP contribution < -0.4 is 9.47 Å². The molecule has 0 atom stereocenters. The summed E-state index contributed by atoms with van der Waals surface area (Å²) < 4.78 is 10.7. The predicted molar refractivity (Wildman–Crippen MR) is 153 cm³/mol. The van der Waals surface area contributed by atoms with E-state index in [1.165, 1.54) is 16.3 Å². The minimum absolute atomic E-state index is 0.440. The number of esters is 2. The summed E-state index contributed by atoms with van der Waals surface area (Å²) in [4.78, 5) is 23.6. The molecule has 0 bridgehead atoms. The fourth-order valence-corrected chi connectivity index (χ4v) is 5.70. The van der Waals surface area contributed by atoms with Crippen LogP contribution in [0.5, 0.6) is 11.5 Å². The van der Waals surface area contributed by atoms with E-state index in [1.54, 1.807) is 24.3 Å². The Morgan fingerprint density at radius 3 is 1.72 bits per heavy atom. The van der Waals surface area contributed by atoms with E-state index in [4.69, 9.17) is 9.47 Å². The van der Waals surface area contributed by atoms with Gasteiger partial charge in [0.25, 0.3) is 0 Å². The first kappa shape index (κ1) is 24.1. The van der Waals surface area contributed by atoms with Crippen LogP contribution in [0.3, 0.4) is 0 Å². The lowest BCUT2D eigenvalue weighted by Gasteiger charge is -2.34. The Kier molecular flexibility index (Phi) is 5.93. The van der Waals surface area contributed by atoms with Gasteiger partial charge in [-0.25, -0.2) is 9.59 Å². The third-order valence-electron chi connectivity index (χ3n) is 7.28. The van der Waals surface area contributed by atoms with E-state index in [9.17, 15) is 9.59 Å². The Labute approximate surface area is 226 Å². The van der Waals surface area contributed by atoms with Gasteiger partial charge in [0.05, 0.1) is 5.41 Å². The fraction of sp³-hybridized carbons (Fsp3) is 0.0286. The molecule has 39 heavy (non-hydrogen) atoms. The largest absolute Gasteiger partial charge is 0.423 e.